The molecule has 0 radical (unpaired) electrons. The van der Waals surface area contributed by atoms with Gasteiger partial charge in [-0.05, 0) is 18.2 Å². The molecular formula is C13H16FN5O2S. The summed E-state index contributed by atoms with van der Waals surface area (Å²) in [5.41, 5.74) is 6.65. The van der Waals surface area contributed by atoms with Gasteiger partial charge in [-0.2, -0.15) is 0 Å². The first kappa shape index (κ1) is 14.9. The fourth-order valence-corrected chi connectivity index (χ4v) is 3.86. The van der Waals surface area contributed by atoms with E-state index in [1.165, 1.54) is 29.1 Å². The number of aromatic nitrogens is 3. The highest BCUT2D eigenvalue weighted by Crippen LogP contribution is 2.26. The molecule has 0 bridgehead atoms. The molecule has 0 unspecified atom stereocenters. The molecule has 9 heteroatoms. The van der Waals surface area contributed by atoms with Crippen molar-refractivity contribution in [2.24, 2.45) is 0 Å². The number of nitrogens with zero attached hydrogens (tertiary/aromatic N) is 3. The minimum Gasteiger partial charge on any atom is -0.399 e. The third kappa shape index (κ3) is 2.69. The second-order valence-electron chi connectivity index (χ2n) is 5.42. The second kappa shape index (κ2) is 5.33. The SMILES string of the molecule is CS(=O)(=O)[C@@H]1CNC[C@H]1n1cc(-c2cc(N)ccc2F)nn1. The number of halogens is 1. The highest BCUT2D eigenvalue weighted by molar-refractivity contribution is 7.91. The molecule has 1 fully saturated rings. The van der Waals surface area contributed by atoms with Gasteiger partial charge in [0.2, 0.25) is 0 Å². The zero-order valence-electron chi connectivity index (χ0n) is 11.9. The summed E-state index contributed by atoms with van der Waals surface area (Å²) in [5, 5.41) is 10.4. The fraction of sp³-hybridized carbons (Fsp3) is 0.385. The number of sulfone groups is 1. The topological polar surface area (TPSA) is 103 Å². The van der Waals surface area contributed by atoms with Crippen molar-refractivity contribution in [3.63, 3.8) is 0 Å². The summed E-state index contributed by atoms with van der Waals surface area (Å²) in [6, 6.07) is 3.84. The third-order valence-electron chi connectivity index (χ3n) is 3.79. The molecule has 7 nitrogen and oxygen atoms in total. The zero-order valence-corrected chi connectivity index (χ0v) is 12.7. The largest absolute Gasteiger partial charge is 0.399 e. The summed E-state index contributed by atoms with van der Waals surface area (Å²) >= 11 is 0. The van der Waals surface area contributed by atoms with Crippen LogP contribution >= 0.6 is 0 Å². The number of hydrogen-bond donors (Lipinski definition) is 2. The lowest BCUT2D eigenvalue weighted by Gasteiger charge is -2.16. The van der Waals surface area contributed by atoms with Crippen molar-refractivity contribution < 1.29 is 12.8 Å². The van der Waals surface area contributed by atoms with Gasteiger partial charge in [-0.15, -0.1) is 5.10 Å². The van der Waals surface area contributed by atoms with Crippen molar-refractivity contribution in [2.45, 2.75) is 11.3 Å². The molecule has 0 aliphatic carbocycles. The lowest BCUT2D eigenvalue weighted by Crippen LogP contribution is -2.30. The number of hydrogen-bond acceptors (Lipinski definition) is 6. The standard InChI is InChI=1S/C13H16FN5O2S/c1-22(20,21)13-6-16-5-12(13)19-7-11(17-18-19)9-4-8(15)2-3-10(9)14/h2-4,7,12-13,16H,5-6,15H2,1H3/t12-,13-/m1/s1. The van der Waals surface area contributed by atoms with Gasteiger partial charge >= 0.3 is 0 Å². The molecule has 0 spiro atoms. The van der Waals surface area contributed by atoms with Crippen LogP contribution in [-0.4, -0.2) is 48.0 Å². The minimum atomic E-state index is -3.22. The molecule has 3 N–H and O–H groups in total. The Morgan fingerprint density at radius 3 is 2.91 bits per heavy atom. The molecule has 2 heterocycles. The van der Waals surface area contributed by atoms with Crippen molar-refractivity contribution in [1.29, 1.82) is 0 Å². The monoisotopic (exact) mass is 325 g/mol. The number of anilines is 1. The van der Waals surface area contributed by atoms with Crippen LogP contribution in [0.4, 0.5) is 10.1 Å². The molecule has 1 aliphatic rings. The minimum absolute atomic E-state index is 0.244. The second-order valence-corrected chi connectivity index (χ2v) is 7.68. The van der Waals surface area contributed by atoms with E-state index in [-0.39, 0.29) is 11.6 Å². The molecule has 0 amide bonds. The predicted molar refractivity (Wildman–Crippen MR) is 80.4 cm³/mol. The maximum Gasteiger partial charge on any atom is 0.153 e. The molecule has 1 saturated heterocycles. The van der Waals surface area contributed by atoms with Gasteiger partial charge in [-0.25, -0.2) is 17.5 Å². The van der Waals surface area contributed by atoms with Gasteiger partial charge in [0.15, 0.2) is 9.84 Å². The zero-order chi connectivity index (χ0) is 15.9. The van der Waals surface area contributed by atoms with E-state index in [9.17, 15) is 12.8 Å². The van der Waals surface area contributed by atoms with Gasteiger partial charge in [0.1, 0.15) is 11.5 Å². The molecule has 3 rings (SSSR count). The Kier molecular flexibility index (Phi) is 3.61. The highest BCUT2D eigenvalue weighted by Gasteiger charge is 2.36. The van der Waals surface area contributed by atoms with Crippen LogP contribution in [0.2, 0.25) is 0 Å². The van der Waals surface area contributed by atoms with Crippen LogP contribution in [0.3, 0.4) is 0 Å². The Balaban J connectivity index is 1.96. The number of nitrogens with one attached hydrogen (secondary N) is 1. The van der Waals surface area contributed by atoms with Crippen LogP contribution in [0, 0.1) is 5.82 Å². The summed E-state index contributed by atoms with van der Waals surface area (Å²) in [4.78, 5) is 0. The Morgan fingerprint density at radius 1 is 1.41 bits per heavy atom. The van der Waals surface area contributed by atoms with Crippen LogP contribution in [0.1, 0.15) is 6.04 Å². The average Bonchev–Trinajstić information content (AvgIpc) is 3.07. The first-order valence-electron chi connectivity index (χ1n) is 6.73. The number of nitrogen functional groups attached to an aromatic ring is 1. The van der Waals surface area contributed by atoms with Gasteiger partial charge in [0.25, 0.3) is 0 Å². The molecule has 1 aliphatic heterocycles. The molecule has 22 heavy (non-hydrogen) atoms. The van der Waals surface area contributed by atoms with Gasteiger partial charge in [-0.3, -0.25) is 0 Å². The quantitative estimate of drug-likeness (QED) is 0.783. The summed E-state index contributed by atoms with van der Waals surface area (Å²) in [5.74, 6) is -0.453. The van der Waals surface area contributed by atoms with E-state index in [0.717, 1.165) is 0 Å². The first-order chi connectivity index (χ1) is 10.4. The molecule has 2 atom stereocenters. The number of nitrogens with two attached hydrogens (primary N) is 1. The van der Waals surface area contributed by atoms with E-state index in [2.05, 4.69) is 15.6 Å². The van der Waals surface area contributed by atoms with Crippen LogP contribution in [0.25, 0.3) is 11.3 Å². The highest BCUT2D eigenvalue weighted by atomic mass is 32.2. The van der Waals surface area contributed by atoms with Crippen LogP contribution in [0.15, 0.2) is 24.4 Å². The number of rotatable bonds is 3. The van der Waals surface area contributed by atoms with Gasteiger partial charge in [0, 0.05) is 30.6 Å². The maximum absolute atomic E-state index is 13.9. The predicted octanol–water partition coefficient (Wildman–Crippen LogP) is 0.224. The molecule has 1 aromatic carbocycles. The van der Waals surface area contributed by atoms with Gasteiger partial charge in [-0.1, -0.05) is 5.21 Å². The summed E-state index contributed by atoms with van der Waals surface area (Å²) in [7, 11) is -3.22. The third-order valence-corrected chi connectivity index (χ3v) is 5.38. The maximum atomic E-state index is 13.9. The molecule has 118 valence electrons. The molecule has 0 saturated carbocycles. The fourth-order valence-electron chi connectivity index (χ4n) is 2.64. The normalized spacial score (nSPS) is 22.1. The van der Waals surface area contributed by atoms with E-state index >= 15 is 0 Å². The van der Waals surface area contributed by atoms with E-state index in [4.69, 9.17) is 5.73 Å². The molecular weight excluding hydrogens is 309 g/mol. The van der Waals surface area contributed by atoms with Gasteiger partial charge in [0.05, 0.1) is 17.5 Å². The summed E-state index contributed by atoms with van der Waals surface area (Å²) in [6.07, 6.45) is 2.75. The first-order valence-corrected chi connectivity index (χ1v) is 8.68. The molecule has 1 aromatic heterocycles. The van der Waals surface area contributed by atoms with Crippen molar-refractivity contribution in [3.8, 4) is 11.3 Å². The Labute approximate surface area is 127 Å². The smallest absolute Gasteiger partial charge is 0.153 e. The van der Waals surface area contributed by atoms with Crippen molar-refractivity contribution in [2.75, 3.05) is 25.1 Å². The molecule has 2 aromatic rings. The van der Waals surface area contributed by atoms with Crippen molar-refractivity contribution in [1.82, 2.24) is 20.3 Å². The Morgan fingerprint density at radius 2 is 2.18 bits per heavy atom. The summed E-state index contributed by atoms with van der Waals surface area (Å²) < 4.78 is 39.0. The van der Waals surface area contributed by atoms with Gasteiger partial charge < -0.3 is 11.1 Å². The average molecular weight is 325 g/mol. The Bertz CT molecular complexity index is 805. The summed E-state index contributed by atoms with van der Waals surface area (Å²) in [6.45, 7) is 0.839. The van der Waals surface area contributed by atoms with Crippen LogP contribution in [-0.2, 0) is 9.84 Å². The van der Waals surface area contributed by atoms with E-state index < -0.39 is 20.9 Å². The van der Waals surface area contributed by atoms with Crippen molar-refractivity contribution in [3.05, 3.63) is 30.2 Å². The van der Waals surface area contributed by atoms with E-state index in [1.807, 2.05) is 0 Å². The van der Waals surface area contributed by atoms with E-state index in [0.29, 0.717) is 24.5 Å². The lowest BCUT2D eigenvalue weighted by atomic mass is 10.1. The Hall–Kier alpha value is -2.00. The van der Waals surface area contributed by atoms with E-state index in [1.54, 1.807) is 6.20 Å². The lowest BCUT2D eigenvalue weighted by molar-refractivity contribution is 0.467. The van der Waals surface area contributed by atoms with Crippen LogP contribution in [0.5, 0.6) is 0 Å². The number of benzene rings is 1. The van der Waals surface area contributed by atoms with Crippen molar-refractivity contribution >= 4 is 15.5 Å². The van der Waals surface area contributed by atoms with Crippen LogP contribution < -0.4 is 11.1 Å².